The molecule has 17 heavy (non-hydrogen) atoms. The molecule has 0 aliphatic rings. The average molecular weight is 260 g/mol. The zero-order valence-electron chi connectivity index (χ0n) is 10.2. The van der Waals surface area contributed by atoms with E-state index in [0.29, 0.717) is 6.61 Å². The van der Waals surface area contributed by atoms with Crippen molar-refractivity contribution in [2.45, 2.75) is 45.4 Å². The highest BCUT2D eigenvalue weighted by Crippen LogP contribution is 2.17. The minimum Gasteiger partial charge on any atom is -0.476 e. The lowest BCUT2D eigenvalue weighted by Gasteiger charge is -2.06. The van der Waals surface area contributed by atoms with E-state index in [1.165, 1.54) is 37.9 Å². The van der Waals surface area contributed by atoms with Crippen molar-refractivity contribution in [3.05, 3.63) is 23.1 Å². The maximum Gasteiger partial charge on any atom is 0.250 e. The molecular weight excluding hydrogens is 241 g/mol. The quantitative estimate of drug-likeness (QED) is 0.636. The van der Waals surface area contributed by atoms with Crippen LogP contribution in [0.1, 0.15) is 45.4 Å². The molecule has 1 aromatic heterocycles. The number of hydrogen-bond acceptors (Lipinski definition) is 2. The Bertz CT molecular complexity index is 333. The Morgan fingerprint density at radius 2 is 1.94 bits per heavy atom. The van der Waals surface area contributed by atoms with Gasteiger partial charge in [0, 0.05) is 6.20 Å². The number of rotatable bonds is 8. The maximum atomic E-state index is 13.3. The van der Waals surface area contributed by atoms with Gasteiger partial charge in [0.05, 0.1) is 11.6 Å². The van der Waals surface area contributed by atoms with E-state index < -0.39 is 5.82 Å². The molecule has 0 radical (unpaired) electrons. The highest BCUT2D eigenvalue weighted by molar-refractivity contribution is 6.30. The van der Waals surface area contributed by atoms with Crippen LogP contribution >= 0.6 is 11.6 Å². The predicted octanol–water partition coefficient (Wildman–Crippen LogP) is 4.61. The molecule has 2 nitrogen and oxygen atoms in total. The van der Waals surface area contributed by atoms with Gasteiger partial charge < -0.3 is 4.74 Å². The molecule has 0 amide bonds. The van der Waals surface area contributed by atoms with Crippen LogP contribution in [-0.4, -0.2) is 11.6 Å². The second-order valence-corrected chi connectivity index (χ2v) is 4.49. The standard InChI is InChI=1S/C13H19ClFNO/c1-2-3-4-5-6-7-8-17-13-12(15)9-11(14)10-16-13/h9-10H,2-8H2,1H3. The van der Waals surface area contributed by atoms with Gasteiger partial charge in [0.1, 0.15) is 0 Å². The van der Waals surface area contributed by atoms with Crippen LogP contribution in [0, 0.1) is 5.82 Å². The summed E-state index contributed by atoms with van der Waals surface area (Å²) >= 11 is 5.59. The van der Waals surface area contributed by atoms with Crippen molar-refractivity contribution in [2.24, 2.45) is 0 Å². The molecule has 0 bridgehead atoms. The molecule has 0 saturated heterocycles. The van der Waals surface area contributed by atoms with Crippen molar-refractivity contribution in [2.75, 3.05) is 6.61 Å². The predicted molar refractivity (Wildman–Crippen MR) is 68.1 cm³/mol. The van der Waals surface area contributed by atoms with Crippen molar-refractivity contribution >= 4 is 11.6 Å². The van der Waals surface area contributed by atoms with E-state index in [2.05, 4.69) is 11.9 Å². The van der Waals surface area contributed by atoms with Crippen molar-refractivity contribution < 1.29 is 9.13 Å². The first kappa shape index (κ1) is 14.2. The van der Waals surface area contributed by atoms with E-state index in [-0.39, 0.29) is 10.9 Å². The van der Waals surface area contributed by atoms with Crippen molar-refractivity contribution in [1.29, 1.82) is 0 Å². The number of hydrogen-bond donors (Lipinski definition) is 0. The van der Waals surface area contributed by atoms with Crippen LogP contribution in [0.4, 0.5) is 4.39 Å². The SMILES string of the molecule is CCCCCCCCOc1ncc(Cl)cc1F. The molecule has 0 saturated carbocycles. The van der Waals surface area contributed by atoms with Gasteiger partial charge in [-0.1, -0.05) is 50.6 Å². The van der Waals surface area contributed by atoms with Gasteiger partial charge >= 0.3 is 0 Å². The number of halogens is 2. The second kappa shape index (κ2) is 8.29. The number of nitrogens with zero attached hydrogens (tertiary/aromatic N) is 1. The first-order valence-corrected chi connectivity index (χ1v) is 6.55. The van der Waals surface area contributed by atoms with Crippen LogP contribution in [0.15, 0.2) is 12.3 Å². The number of aromatic nitrogens is 1. The molecule has 0 aliphatic heterocycles. The molecule has 0 N–H and O–H groups in total. The summed E-state index contributed by atoms with van der Waals surface area (Å²) in [5, 5.41) is 0.286. The molecule has 4 heteroatoms. The summed E-state index contributed by atoms with van der Waals surface area (Å²) in [5.41, 5.74) is 0. The third-order valence-corrected chi connectivity index (χ3v) is 2.72. The fourth-order valence-electron chi connectivity index (χ4n) is 1.56. The third kappa shape index (κ3) is 5.87. The summed E-state index contributed by atoms with van der Waals surface area (Å²) in [4.78, 5) is 3.80. The van der Waals surface area contributed by atoms with Gasteiger partial charge in [0.15, 0.2) is 5.82 Å². The van der Waals surface area contributed by atoms with E-state index in [1.807, 2.05) is 0 Å². The monoisotopic (exact) mass is 259 g/mol. The van der Waals surface area contributed by atoms with Crippen LogP contribution in [-0.2, 0) is 0 Å². The van der Waals surface area contributed by atoms with E-state index in [9.17, 15) is 4.39 Å². The van der Waals surface area contributed by atoms with E-state index >= 15 is 0 Å². The molecule has 96 valence electrons. The van der Waals surface area contributed by atoms with Gasteiger partial charge in [-0.2, -0.15) is 0 Å². The third-order valence-electron chi connectivity index (χ3n) is 2.51. The minimum atomic E-state index is -0.497. The molecule has 0 aromatic carbocycles. The highest BCUT2D eigenvalue weighted by Gasteiger charge is 2.05. The molecule has 0 atom stereocenters. The van der Waals surface area contributed by atoms with Crippen LogP contribution in [0.5, 0.6) is 5.88 Å². The van der Waals surface area contributed by atoms with E-state index in [0.717, 1.165) is 12.8 Å². The van der Waals surface area contributed by atoms with Gasteiger partial charge in [-0.05, 0) is 12.5 Å². The maximum absolute atomic E-state index is 13.3. The Hall–Kier alpha value is -0.830. The van der Waals surface area contributed by atoms with Gasteiger partial charge in [-0.3, -0.25) is 0 Å². The topological polar surface area (TPSA) is 22.1 Å². The molecule has 1 aromatic rings. The van der Waals surface area contributed by atoms with Gasteiger partial charge in [-0.25, -0.2) is 9.37 Å². The molecule has 0 fully saturated rings. The fourth-order valence-corrected chi connectivity index (χ4v) is 1.70. The van der Waals surface area contributed by atoms with Gasteiger partial charge in [0.2, 0.25) is 5.88 Å². The number of pyridine rings is 1. The molecule has 0 unspecified atom stereocenters. The summed E-state index contributed by atoms with van der Waals surface area (Å²) in [6.45, 7) is 2.70. The Kier molecular flexibility index (Phi) is 6.94. The lowest BCUT2D eigenvalue weighted by atomic mass is 10.1. The Balaban J connectivity index is 2.14. The normalized spacial score (nSPS) is 10.5. The van der Waals surface area contributed by atoms with E-state index in [1.54, 1.807) is 0 Å². The summed E-state index contributed by atoms with van der Waals surface area (Å²) in [5.74, 6) is -0.452. The van der Waals surface area contributed by atoms with Crippen LogP contribution in [0.3, 0.4) is 0 Å². The minimum absolute atomic E-state index is 0.0444. The van der Waals surface area contributed by atoms with Crippen molar-refractivity contribution in [3.8, 4) is 5.88 Å². The summed E-state index contributed by atoms with van der Waals surface area (Å²) in [6, 6.07) is 1.21. The number of unbranched alkanes of at least 4 members (excludes halogenated alkanes) is 5. The van der Waals surface area contributed by atoms with Gasteiger partial charge in [-0.15, -0.1) is 0 Å². The lowest BCUT2D eigenvalue weighted by Crippen LogP contribution is -2.01. The van der Waals surface area contributed by atoms with Crippen LogP contribution in [0.2, 0.25) is 5.02 Å². The molecule has 1 heterocycles. The fraction of sp³-hybridized carbons (Fsp3) is 0.615. The Morgan fingerprint density at radius 3 is 2.65 bits per heavy atom. The zero-order chi connectivity index (χ0) is 12.5. The van der Waals surface area contributed by atoms with Crippen molar-refractivity contribution in [3.63, 3.8) is 0 Å². The Labute approximate surface area is 107 Å². The molecular formula is C13H19ClFNO. The van der Waals surface area contributed by atoms with E-state index in [4.69, 9.17) is 16.3 Å². The summed E-state index contributed by atoms with van der Waals surface area (Å²) in [6.07, 6.45) is 8.46. The largest absolute Gasteiger partial charge is 0.476 e. The summed E-state index contributed by atoms with van der Waals surface area (Å²) < 4.78 is 18.5. The number of ether oxygens (including phenoxy) is 1. The molecule has 0 aliphatic carbocycles. The lowest BCUT2D eigenvalue weighted by molar-refractivity contribution is 0.278. The highest BCUT2D eigenvalue weighted by atomic mass is 35.5. The molecule has 0 spiro atoms. The Morgan fingerprint density at radius 1 is 1.24 bits per heavy atom. The van der Waals surface area contributed by atoms with Crippen LogP contribution < -0.4 is 4.74 Å². The van der Waals surface area contributed by atoms with Gasteiger partial charge in [0.25, 0.3) is 0 Å². The molecule has 1 rings (SSSR count). The van der Waals surface area contributed by atoms with Crippen molar-refractivity contribution in [1.82, 2.24) is 4.98 Å². The smallest absolute Gasteiger partial charge is 0.250 e. The summed E-state index contributed by atoms with van der Waals surface area (Å²) in [7, 11) is 0. The zero-order valence-corrected chi connectivity index (χ0v) is 11.0. The van der Waals surface area contributed by atoms with Crippen LogP contribution in [0.25, 0.3) is 0 Å². The first-order chi connectivity index (χ1) is 8.24. The second-order valence-electron chi connectivity index (χ2n) is 4.06. The first-order valence-electron chi connectivity index (χ1n) is 6.18. The average Bonchev–Trinajstić information content (AvgIpc) is 2.30.